The lowest BCUT2D eigenvalue weighted by Crippen LogP contribution is -2.56. The molecule has 3 aliphatic heterocycles. The summed E-state index contributed by atoms with van der Waals surface area (Å²) in [5.74, 6) is -0.210. The molecule has 2 unspecified atom stereocenters. The van der Waals surface area contributed by atoms with Crippen molar-refractivity contribution < 1.29 is 27.5 Å². The molecule has 3 rings (SSSR count). The molecule has 0 saturated carbocycles. The van der Waals surface area contributed by atoms with Crippen LogP contribution in [0.25, 0.3) is 0 Å². The molecule has 148 valence electrons. The van der Waals surface area contributed by atoms with Crippen LogP contribution in [-0.2, 0) is 24.1 Å². The van der Waals surface area contributed by atoms with Gasteiger partial charge in [-0.2, -0.15) is 0 Å². The van der Waals surface area contributed by atoms with Gasteiger partial charge in [-0.25, -0.2) is 13.2 Å². The number of nitrogens with zero attached hydrogens (tertiary/aromatic N) is 2. The van der Waals surface area contributed by atoms with Crippen LogP contribution in [-0.4, -0.2) is 85.7 Å². The zero-order chi connectivity index (χ0) is 19.1. The van der Waals surface area contributed by atoms with Crippen molar-refractivity contribution in [2.75, 3.05) is 37.7 Å². The van der Waals surface area contributed by atoms with E-state index in [-0.39, 0.29) is 35.5 Å². The fourth-order valence-electron chi connectivity index (χ4n) is 3.86. The summed E-state index contributed by atoms with van der Waals surface area (Å²) in [5.41, 5.74) is -0.541. The second kappa shape index (κ2) is 6.99. The highest BCUT2D eigenvalue weighted by Gasteiger charge is 2.47. The first-order chi connectivity index (χ1) is 12.1. The number of piperidine rings is 1. The van der Waals surface area contributed by atoms with E-state index in [1.165, 1.54) is 0 Å². The van der Waals surface area contributed by atoms with Gasteiger partial charge in [0.05, 0.1) is 30.3 Å². The number of carbonyl (C=O) groups excluding carboxylic acids is 2. The number of sulfone groups is 1. The number of morpholine rings is 1. The monoisotopic (exact) mass is 388 g/mol. The predicted octanol–water partition coefficient (Wildman–Crippen LogP) is 0.658. The molecule has 3 heterocycles. The van der Waals surface area contributed by atoms with E-state index in [2.05, 4.69) is 0 Å². The summed E-state index contributed by atoms with van der Waals surface area (Å²) in [6, 6.07) is -0.370. The van der Waals surface area contributed by atoms with Crippen LogP contribution < -0.4 is 0 Å². The van der Waals surface area contributed by atoms with E-state index >= 15 is 0 Å². The Bertz CT molecular complexity index is 663. The lowest BCUT2D eigenvalue weighted by atomic mass is 9.94. The van der Waals surface area contributed by atoms with Gasteiger partial charge >= 0.3 is 6.09 Å². The zero-order valence-corrected chi connectivity index (χ0v) is 16.5. The van der Waals surface area contributed by atoms with Crippen molar-refractivity contribution >= 4 is 21.8 Å². The lowest BCUT2D eigenvalue weighted by molar-refractivity contribution is -0.148. The third-order valence-corrected chi connectivity index (χ3v) is 6.80. The Hall–Kier alpha value is -1.35. The van der Waals surface area contributed by atoms with E-state index in [9.17, 15) is 18.0 Å². The average molecular weight is 388 g/mol. The molecule has 0 radical (unpaired) electrons. The van der Waals surface area contributed by atoms with Gasteiger partial charge in [-0.3, -0.25) is 4.79 Å². The molecule has 0 aliphatic carbocycles. The van der Waals surface area contributed by atoms with E-state index in [4.69, 9.17) is 9.47 Å². The van der Waals surface area contributed by atoms with Gasteiger partial charge in [-0.05, 0) is 33.6 Å². The highest BCUT2D eigenvalue weighted by molar-refractivity contribution is 7.91. The third-order valence-electron chi connectivity index (χ3n) is 5.12. The topological polar surface area (TPSA) is 93.2 Å². The summed E-state index contributed by atoms with van der Waals surface area (Å²) < 4.78 is 34.7. The predicted molar refractivity (Wildman–Crippen MR) is 94.4 cm³/mol. The normalized spacial score (nSPS) is 29.3. The second-order valence-electron chi connectivity index (χ2n) is 8.33. The van der Waals surface area contributed by atoms with Crippen LogP contribution in [0.2, 0.25) is 0 Å². The van der Waals surface area contributed by atoms with E-state index in [0.29, 0.717) is 39.1 Å². The van der Waals surface area contributed by atoms with Crippen molar-refractivity contribution in [3.8, 4) is 0 Å². The molecule has 9 heteroatoms. The molecular formula is C17H28N2O6S. The smallest absolute Gasteiger partial charge is 0.410 e. The van der Waals surface area contributed by atoms with Crippen molar-refractivity contribution in [3.05, 3.63) is 0 Å². The van der Waals surface area contributed by atoms with E-state index in [1.54, 1.807) is 9.80 Å². The molecule has 0 aromatic carbocycles. The Balaban J connectivity index is 1.58. The van der Waals surface area contributed by atoms with Gasteiger partial charge < -0.3 is 19.3 Å². The van der Waals surface area contributed by atoms with Crippen molar-refractivity contribution in [2.24, 2.45) is 5.92 Å². The molecule has 0 aromatic heterocycles. The molecule has 26 heavy (non-hydrogen) atoms. The van der Waals surface area contributed by atoms with Gasteiger partial charge in [0.15, 0.2) is 9.84 Å². The average Bonchev–Trinajstić information content (AvgIpc) is 2.86. The van der Waals surface area contributed by atoms with Crippen LogP contribution in [0.1, 0.15) is 33.6 Å². The van der Waals surface area contributed by atoms with Crippen LogP contribution in [0.5, 0.6) is 0 Å². The fourth-order valence-corrected chi connectivity index (χ4v) is 5.73. The Morgan fingerprint density at radius 1 is 1.08 bits per heavy atom. The van der Waals surface area contributed by atoms with Crippen LogP contribution in [0.4, 0.5) is 4.79 Å². The van der Waals surface area contributed by atoms with E-state index in [0.717, 1.165) is 0 Å². The van der Waals surface area contributed by atoms with Crippen molar-refractivity contribution in [3.63, 3.8) is 0 Å². The van der Waals surface area contributed by atoms with Crippen LogP contribution >= 0.6 is 0 Å². The number of fused-ring (bicyclic) bond motifs is 1. The first kappa shape index (κ1) is 19.4. The molecule has 3 saturated heterocycles. The summed E-state index contributed by atoms with van der Waals surface area (Å²) in [6.07, 6.45) is 0.385. The van der Waals surface area contributed by atoms with Crippen molar-refractivity contribution in [2.45, 2.75) is 51.4 Å². The zero-order valence-electron chi connectivity index (χ0n) is 15.6. The number of hydrogen-bond acceptors (Lipinski definition) is 6. The quantitative estimate of drug-likeness (QED) is 0.655. The van der Waals surface area contributed by atoms with Gasteiger partial charge in [-0.1, -0.05) is 0 Å². The number of hydrogen-bond donors (Lipinski definition) is 0. The summed E-state index contributed by atoms with van der Waals surface area (Å²) in [6.45, 7) is 7.23. The summed E-state index contributed by atoms with van der Waals surface area (Å²) >= 11 is 0. The maximum absolute atomic E-state index is 13.0. The molecule has 0 spiro atoms. The summed E-state index contributed by atoms with van der Waals surface area (Å²) in [5, 5.41) is 0. The van der Waals surface area contributed by atoms with Crippen molar-refractivity contribution in [1.29, 1.82) is 0 Å². The van der Waals surface area contributed by atoms with Crippen LogP contribution in [0.3, 0.4) is 0 Å². The minimum Gasteiger partial charge on any atom is -0.444 e. The number of carbonyl (C=O) groups is 2. The molecular weight excluding hydrogens is 360 g/mol. The SMILES string of the molecule is CC(C)(C)OC(=O)N1CCC(C(=O)N2CCOC3CS(=O)(=O)CC32)CC1. The molecule has 2 atom stereocenters. The van der Waals surface area contributed by atoms with Gasteiger partial charge in [0.1, 0.15) is 5.60 Å². The molecule has 0 aromatic rings. The van der Waals surface area contributed by atoms with Gasteiger partial charge in [0.25, 0.3) is 0 Å². The highest BCUT2D eigenvalue weighted by Crippen LogP contribution is 2.29. The molecule has 3 aliphatic rings. The number of amides is 2. The Morgan fingerprint density at radius 2 is 1.73 bits per heavy atom. The maximum Gasteiger partial charge on any atom is 0.410 e. The van der Waals surface area contributed by atoms with Crippen molar-refractivity contribution in [1.82, 2.24) is 9.80 Å². The maximum atomic E-state index is 13.0. The summed E-state index contributed by atoms with van der Waals surface area (Å²) in [7, 11) is -3.15. The Kier molecular flexibility index (Phi) is 5.22. The highest BCUT2D eigenvalue weighted by atomic mass is 32.2. The molecule has 2 amide bonds. The minimum absolute atomic E-state index is 0.00145. The summed E-state index contributed by atoms with van der Waals surface area (Å²) in [4.78, 5) is 28.4. The van der Waals surface area contributed by atoms with Gasteiger partial charge in [-0.15, -0.1) is 0 Å². The van der Waals surface area contributed by atoms with E-state index < -0.39 is 21.5 Å². The van der Waals surface area contributed by atoms with E-state index in [1.807, 2.05) is 20.8 Å². The molecule has 0 bridgehead atoms. The first-order valence-corrected chi connectivity index (χ1v) is 11.0. The number of rotatable bonds is 1. The standard InChI is InChI=1S/C17H28N2O6S/c1-17(2,3)25-16(21)18-6-4-12(5-7-18)15(20)19-8-9-24-14-11-26(22,23)10-13(14)19/h12-14H,4-11H2,1-3H3. The first-order valence-electron chi connectivity index (χ1n) is 9.16. The third kappa shape index (κ3) is 4.31. The number of likely N-dealkylation sites (tertiary alicyclic amines) is 1. The largest absolute Gasteiger partial charge is 0.444 e. The van der Waals surface area contributed by atoms with Gasteiger partial charge in [0, 0.05) is 25.6 Å². The lowest BCUT2D eigenvalue weighted by Gasteiger charge is -2.40. The van der Waals surface area contributed by atoms with Crippen LogP contribution in [0, 0.1) is 5.92 Å². The Morgan fingerprint density at radius 3 is 2.35 bits per heavy atom. The minimum atomic E-state index is -3.15. The number of ether oxygens (including phenoxy) is 2. The molecule has 8 nitrogen and oxygen atoms in total. The molecule has 3 fully saturated rings. The molecule has 0 N–H and O–H groups in total. The van der Waals surface area contributed by atoms with Gasteiger partial charge in [0.2, 0.25) is 5.91 Å². The Labute approximate surface area is 154 Å². The van der Waals surface area contributed by atoms with Crippen LogP contribution in [0.15, 0.2) is 0 Å². The fraction of sp³-hybridized carbons (Fsp3) is 0.882. The second-order valence-corrected chi connectivity index (χ2v) is 10.5.